The highest BCUT2D eigenvalue weighted by atomic mass is 16.7. The Kier molecular flexibility index (Phi) is 15.4. The number of rotatable bonds is 21. The van der Waals surface area contributed by atoms with Crippen molar-refractivity contribution in [2.75, 3.05) is 47.5 Å². The molecular formula is C37H59N3O11. The van der Waals surface area contributed by atoms with Gasteiger partial charge in [0, 0.05) is 32.6 Å². The third-order valence-electron chi connectivity index (χ3n) is 9.93. The lowest BCUT2D eigenvalue weighted by Gasteiger charge is -2.33. The number of nitrogens with zero attached hydrogens (tertiary/aromatic N) is 1. The van der Waals surface area contributed by atoms with Crippen LogP contribution in [0.5, 0.6) is 11.5 Å². The molecule has 0 spiro atoms. The van der Waals surface area contributed by atoms with Gasteiger partial charge in [-0.2, -0.15) is 0 Å². The summed E-state index contributed by atoms with van der Waals surface area (Å²) in [7, 11) is 3.24. The van der Waals surface area contributed by atoms with E-state index in [2.05, 4.69) is 19.2 Å². The first-order valence-electron chi connectivity index (χ1n) is 17.8. The summed E-state index contributed by atoms with van der Waals surface area (Å²) in [4.78, 5) is 52.4. The second-order valence-electron chi connectivity index (χ2n) is 15.0. The molecule has 3 amide bonds. The van der Waals surface area contributed by atoms with Gasteiger partial charge < -0.3 is 44.6 Å². The first kappa shape index (κ1) is 41.8. The molecule has 1 aromatic carbocycles. The molecule has 51 heavy (non-hydrogen) atoms. The highest BCUT2D eigenvalue weighted by molar-refractivity contribution is 5.83. The fraction of sp³-hybridized carbons (Fsp3) is 0.730. The number of nitrogens with one attached hydrogen (secondary N) is 1. The summed E-state index contributed by atoms with van der Waals surface area (Å²) in [6.45, 7) is 11.9. The molecule has 0 bridgehead atoms. The lowest BCUT2D eigenvalue weighted by atomic mass is 9.80. The maximum absolute atomic E-state index is 13.5. The van der Waals surface area contributed by atoms with Gasteiger partial charge in [0.1, 0.15) is 6.73 Å². The van der Waals surface area contributed by atoms with Gasteiger partial charge in [0.05, 0.1) is 31.3 Å². The molecule has 2 aliphatic rings. The van der Waals surface area contributed by atoms with Gasteiger partial charge >= 0.3 is 12.1 Å². The molecule has 1 aliphatic heterocycles. The van der Waals surface area contributed by atoms with Crippen molar-refractivity contribution in [3.63, 3.8) is 0 Å². The minimum atomic E-state index is -1.50. The number of benzene rings is 1. The molecule has 1 aromatic rings. The zero-order chi connectivity index (χ0) is 37.9. The Labute approximate surface area is 302 Å². The fourth-order valence-corrected chi connectivity index (χ4v) is 5.96. The van der Waals surface area contributed by atoms with Crippen LogP contribution < -0.4 is 20.5 Å². The van der Waals surface area contributed by atoms with E-state index in [1.54, 1.807) is 28.1 Å². The zero-order valence-electron chi connectivity index (χ0n) is 31.5. The molecule has 14 nitrogen and oxygen atoms in total. The molecule has 288 valence electrons. The minimum Gasteiger partial charge on any atom is -0.493 e. The molecule has 1 heterocycles. The third-order valence-corrected chi connectivity index (χ3v) is 9.93. The Hall–Kier alpha value is -3.62. The summed E-state index contributed by atoms with van der Waals surface area (Å²) < 4.78 is 33.3. The van der Waals surface area contributed by atoms with Crippen LogP contribution in [0.4, 0.5) is 4.79 Å². The van der Waals surface area contributed by atoms with Crippen LogP contribution in [0.2, 0.25) is 0 Å². The summed E-state index contributed by atoms with van der Waals surface area (Å²) >= 11 is 0. The number of ether oxygens (including phenoxy) is 6. The second kappa shape index (κ2) is 18.7. The van der Waals surface area contributed by atoms with Gasteiger partial charge in [0.2, 0.25) is 18.6 Å². The van der Waals surface area contributed by atoms with Crippen molar-refractivity contribution in [2.24, 2.45) is 34.8 Å². The SMILES string of the molecule is COCCCOc1cc(C[C@@H](C[C@H]2[C@H](C[C@H](C(=O)NCC(C)(C)C(N)=O)C(C)C)OCN2C(=O)OCOC(=O)C2(O)CC2)C(C)C)ccc1OC. The Bertz CT molecular complexity index is 1330. The summed E-state index contributed by atoms with van der Waals surface area (Å²) in [6.07, 6.45) is 1.58. The van der Waals surface area contributed by atoms with Gasteiger partial charge in [-0.25, -0.2) is 9.59 Å². The van der Waals surface area contributed by atoms with Crippen molar-refractivity contribution in [1.29, 1.82) is 0 Å². The summed E-state index contributed by atoms with van der Waals surface area (Å²) in [5.74, 6) is -0.629. The van der Waals surface area contributed by atoms with Gasteiger partial charge in [0.15, 0.2) is 17.1 Å². The van der Waals surface area contributed by atoms with Crippen molar-refractivity contribution in [3.05, 3.63) is 23.8 Å². The van der Waals surface area contributed by atoms with E-state index in [9.17, 15) is 24.3 Å². The molecule has 1 saturated heterocycles. The highest BCUT2D eigenvalue weighted by Crippen LogP contribution is 2.37. The maximum atomic E-state index is 13.5. The lowest BCUT2D eigenvalue weighted by molar-refractivity contribution is -0.165. The Morgan fingerprint density at radius 3 is 2.33 bits per heavy atom. The monoisotopic (exact) mass is 721 g/mol. The van der Waals surface area contributed by atoms with Crippen molar-refractivity contribution in [2.45, 2.75) is 97.8 Å². The average Bonchev–Trinajstić information content (AvgIpc) is 3.71. The van der Waals surface area contributed by atoms with Crippen LogP contribution in [0, 0.1) is 29.1 Å². The second-order valence-corrected chi connectivity index (χ2v) is 15.0. The number of methoxy groups -OCH3 is 2. The number of primary amides is 1. The lowest BCUT2D eigenvalue weighted by Crippen LogP contribution is -2.47. The highest BCUT2D eigenvalue weighted by Gasteiger charge is 2.50. The number of esters is 1. The van der Waals surface area contributed by atoms with Crippen LogP contribution in [0.3, 0.4) is 0 Å². The first-order chi connectivity index (χ1) is 24.0. The number of amides is 3. The third kappa shape index (κ3) is 12.0. The van der Waals surface area contributed by atoms with Crippen molar-refractivity contribution >= 4 is 23.9 Å². The fourth-order valence-electron chi connectivity index (χ4n) is 5.96. The molecule has 0 unspecified atom stereocenters. The van der Waals surface area contributed by atoms with E-state index < -0.39 is 53.8 Å². The predicted octanol–water partition coefficient (Wildman–Crippen LogP) is 3.79. The van der Waals surface area contributed by atoms with Crippen LogP contribution in [0.25, 0.3) is 0 Å². The zero-order valence-corrected chi connectivity index (χ0v) is 31.5. The van der Waals surface area contributed by atoms with E-state index in [0.717, 1.165) is 12.0 Å². The van der Waals surface area contributed by atoms with E-state index in [4.69, 9.17) is 34.2 Å². The van der Waals surface area contributed by atoms with Crippen molar-refractivity contribution in [3.8, 4) is 11.5 Å². The van der Waals surface area contributed by atoms with Crippen LogP contribution >= 0.6 is 0 Å². The first-order valence-corrected chi connectivity index (χ1v) is 17.8. The smallest absolute Gasteiger partial charge is 0.414 e. The summed E-state index contributed by atoms with van der Waals surface area (Å²) in [6, 6.07) is 5.38. The quantitative estimate of drug-likeness (QED) is 0.0953. The van der Waals surface area contributed by atoms with Crippen LogP contribution in [-0.2, 0) is 39.8 Å². The summed E-state index contributed by atoms with van der Waals surface area (Å²) in [5.41, 5.74) is 4.12. The van der Waals surface area contributed by atoms with Gasteiger partial charge in [-0.15, -0.1) is 0 Å². The van der Waals surface area contributed by atoms with Crippen LogP contribution in [0.1, 0.15) is 79.2 Å². The maximum Gasteiger partial charge on any atom is 0.414 e. The van der Waals surface area contributed by atoms with Crippen LogP contribution in [-0.4, -0.2) is 99.1 Å². The standard InChI is InChI=1S/C37H59N3O11/c1-23(2)26(16-25-10-11-29(47-8)31(17-25)48-15-9-14-46-7)18-28-30(19-27(24(3)4)32(41)39-20-36(5,6)33(38)42)49-21-40(28)35(44)51-22-50-34(43)37(45)12-13-37/h10-11,17,23-24,26-28,30,45H,9,12-16,18-22H2,1-8H3,(H2,38,42)(H,39,41)/t26-,27-,28-,30-/m0/s1. The van der Waals surface area contributed by atoms with Gasteiger partial charge in [-0.05, 0) is 81.4 Å². The predicted molar refractivity (Wildman–Crippen MR) is 188 cm³/mol. The van der Waals surface area contributed by atoms with E-state index >= 15 is 0 Å². The normalized spacial score (nSPS) is 19.4. The Morgan fingerprint density at radius 1 is 1.04 bits per heavy atom. The number of carbonyl (C=O) groups excluding carboxylic acids is 4. The van der Waals surface area contributed by atoms with Crippen LogP contribution in [0.15, 0.2) is 18.2 Å². The Balaban J connectivity index is 1.82. The average molecular weight is 722 g/mol. The van der Waals surface area contributed by atoms with E-state index in [1.165, 1.54) is 4.90 Å². The van der Waals surface area contributed by atoms with E-state index in [1.807, 2.05) is 32.0 Å². The minimum absolute atomic E-state index is 0.0638. The number of hydrogen-bond donors (Lipinski definition) is 3. The molecule has 14 heteroatoms. The number of nitrogens with two attached hydrogens (primary N) is 1. The number of carbonyl (C=O) groups is 4. The number of aliphatic hydroxyl groups is 1. The van der Waals surface area contributed by atoms with E-state index in [-0.39, 0.29) is 36.9 Å². The molecular weight excluding hydrogens is 662 g/mol. The molecule has 4 atom stereocenters. The largest absolute Gasteiger partial charge is 0.493 e. The molecule has 0 radical (unpaired) electrons. The molecule has 1 aliphatic carbocycles. The van der Waals surface area contributed by atoms with Gasteiger partial charge in [-0.1, -0.05) is 33.8 Å². The van der Waals surface area contributed by atoms with Crippen molar-refractivity contribution < 1.29 is 52.7 Å². The molecule has 2 fully saturated rings. The molecule has 1 saturated carbocycles. The van der Waals surface area contributed by atoms with E-state index in [0.29, 0.717) is 56.8 Å². The molecule has 0 aromatic heterocycles. The Morgan fingerprint density at radius 2 is 1.75 bits per heavy atom. The van der Waals surface area contributed by atoms with Gasteiger partial charge in [-0.3, -0.25) is 14.5 Å². The van der Waals surface area contributed by atoms with Gasteiger partial charge in [0.25, 0.3) is 0 Å². The molecule has 4 N–H and O–H groups in total. The topological polar surface area (TPSA) is 185 Å². The summed E-state index contributed by atoms with van der Waals surface area (Å²) in [5, 5.41) is 12.9. The number of hydrogen-bond acceptors (Lipinski definition) is 11. The molecule has 3 rings (SSSR count). The van der Waals surface area contributed by atoms with Crippen molar-refractivity contribution in [1.82, 2.24) is 10.2 Å².